The predicted octanol–water partition coefficient (Wildman–Crippen LogP) is 6.38. The molecule has 1 aliphatic rings. The minimum Gasteiger partial charge on any atom is -0.444 e. The van der Waals surface area contributed by atoms with Crippen LogP contribution in [0.25, 0.3) is 21.3 Å². The summed E-state index contributed by atoms with van der Waals surface area (Å²) in [4.78, 5) is 28.0. The Hall–Kier alpha value is -2.38. The quantitative estimate of drug-likeness (QED) is 0.393. The number of hydrogen-bond acceptors (Lipinski definition) is 6. The number of aromatic nitrogens is 2. The Morgan fingerprint density at radius 3 is 2.52 bits per heavy atom. The van der Waals surface area contributed by atoms with E-state index < -0.39 is 5.60 Å². The van der Waals surface area contributed by atoms with E-state index >= 15 is 0 Å². The smallest absolute Gasteiger partial charge is 0.410 e. The second-order valence-corrected chi connectivity index (χ2v) is 11.2. The van der Waals surface area contributed by atoms with Crippen molar-refractivity contribution in [2.75, 3.05) is 31.1 Å². The molecule has 0 unspecified atom stereocenters. The van der Waals surface area contributed by atoms with Crippen molar-refractivity contribution in [3.05, 3.63) is 39.5 Å². The molecule has 3 aromatic rings. The van der Waals surface area contributed by atoms with Crippen LogP contribution >= 0.6 is 22.9 Å². The molecule has 1 aliphatic heterocycles. The fraction of sp³-hybridized carbons (Fsp3) is 0.480. The maximum absolute atomic E-state index is 12.6. The zero-order chi connectivity index (χ0) is 23.9. The summed E-state index contributed by atoms with van der Waals surface area (Å²) in [6.07, 6.45) is 0.558. The van der Waals surface area contributed by atoms with Crippen molar-refractivity contribution in [2.45, 2.75) is 53.6 Å². The number of rotatable bonds is 2. The summed E-state index contributed by atoms with van der Waals surface area (Å²) in [5, 5.41) is 1.29. The number of carbonyl (C=O) groups is 1. The van der Waals surface area contributed by atoms with Crippen LogP contribution in [-0.4, -0.2) is 52.7 Å². The Balaban J connectivity index is 1.72. The first-order valence-electron chi connectivity index (χ1n) is 11.3. The first-order valence-corrected chi connectivity index (χ1v) is 12.5. The summed E-state index contributed by atoms with van der Waals surface area (Å²) in [7, 11) is 0. The molecule has 1 amide bonds. The maximum atomic E-state index is 12.6. The third kappa shape index (κ3) is 5.09. The summed E-state index contributed by atoms with van der Waals surface area (Å²) in [5.41, 5.74) is 4.35. The van der Waals surface area contributed by atoms with Crippen molar-refractivity contribution >= 4 is 45.1 Å². The molecule has 8 heteroatoms. The number of nitrogens with zero attached hydrogens (tertiary/aromatic N) is 4. The SMILES string of the molecule is Cc1ccc(-c2c(C)sc3nc(Cl)nc(N4CCCN(C(=O)OC(C)(C)C)CC4)c23)cc1C. The van der Waals surface area contributed by atoms with Gasteiger partial charge in [-0.2, -0.15) is 4.98 Å². The van der Waals surface area contributed by atoms with Gasteiger partial charge >= 0.3 is 6.09 Å². The van der Waals surface area contributed by atoms with Crippen molar-refractivity contribution in [2.24, 2.45) is 0 Å². The summed E-state index contributed by atoms with van der Waals surface area (Å²) in [6.45, 7) is 14.7. The fourth-order valence-corrected chi connectivity index (χ4v) is 5.43. The molecule has 176 valence electrons. The number of ether oxygens (including phenoxy) is 1. The molecule has 0 radical (unpaired) electrons. The van der Waals surface area contributed by atoms with Crippen LogP contribution < -0.4 is 4.90 Å². The largest absolute Gasteiger partial charge is 0.444 e. The topological polar surface area (TPSA) is 58.6 Å². The summed E-state index contributed by atoms with van der Waals surface area (Å²) >= 11 is 8.01. The minimum absolute atomic E-state index is 0.249. The zero-order valence-electron chi connectivity index (χ0n) is 20.2. The van der Waals surface area contributed by atoms with Gasteiger partial charge in [0.1, 0.15) is 16.2 Å². The monoisotopic (exact) mass is 486 g/mol. The molecule has 1 saturated heterocycles. The lowest BCUT2D eigenvalue weighted by atomic mass is 9.99. The molecule has 0 atom stereocenters. The lowest BCUT2D eigenvalue weighted by Gasteiger charge is -2.27. The van der Waals surface area contributed by atoms with E-state index in [1.807, 2.05) is 20.8 Å². The van der Waals surface area contributed by atoms with Gasteiger partial charge in [0.05, 0.1) is 5.39 Å². The lowest BCUT2D eigenvalue weighted by Crippen LogP contribution is -2.39. The van der Waals surface area contributed by atoms with Crippen molar-refractivity contribution in [3.8, 4) is 11.1 Å². The Morgan fingerprint density at radius 2 is 1.82 bits per heavy atom. The van der Waals surface area contributed by atoms with Crippen LogP contribution in [0.2, 0.25) is 5.28 Å². The zero-order valence-corrected chi connectivity index (χ0v) is 21.7. The molecule has 0 aliphatic carbocycles. The van der Waals surface area contributed by atoms with E-state index in [0.29, 0.717) is 19.6 Å². The lowest BCUT2D eigenvalue weighted by molar-refractivity contribution is 0.0263. The highest BCUT2D eigenvalue weighted by Gasteiger charge is 2.27. The second-order valence-electron chi connectivity index (χ2n) is 9.64. The van der Waals surface area contributed by atoms with E-state index in [1.54, 1.807) is 16.2 Å². The molecule has 3 heterocycles. The van der Waals surface area contributed by atoms with Crippen LogP contribution in [0, 0.1) is 20.8 Å². The van der Waals surface area contributed by atoms with Gasteiger partial charge in [0.15, 0.2) is 0 Å². The van der Waals surface area contributed by atoms with E-state index in [1.165, 1.54) is 21.6 Å². The molecule has 0 bridgehead atoms. The van der Waals surface area contributed by atoms with Gasteiger partial charge in [-0.25, -0.2) is 9.78 Å². The molecular weight excluding hydrogens is 456 g/mol. The first kappa shape index (κ1) is 23.8. The molecule has 0 saturated carbocycles. The Bertz CT molecular complexity index is 1200. The van der Waals surface area contributed by atoms with Crippen LogP contribution in [0.4, 0.5) is 10.6 Å². The predicted molar refractivity (Wildman–Crippen MR) is 137 cm³/mol. The van der Waals surface area contributed by atoms with E-state index in [9.17, 15) is 4.79 Å². The highest BCUT2D eigenvalue weighted by atomic mass is 35.5. The third-order valence-electron chi connectivity index (χ3n) is 5.92. The van der Waals surface area contributed by atoms with Crippen LogP contribution in [0.1, 0.15) is 43.2 Å². The Kier molecular flexibility index (Phi) is 6.56. The number of amides is 1. The summed E-state index contributed by atoms with van der Waals surface area (Å²) in [6, 6.07) is 6.56. The van der Waals surface area contributed by atoms with E-state index in [0.717, 1.165) is 34.6 Å². The van der Waals surface area contributed by atoms with Gasteiger partial charge < -0.3 is 14.5 Å². The highest BCUT2D eigenvalue weighted by Crippen LogP contribution is 2.42. The Morgan fingerprint density at radius 1 is 1.06 bits per heavy atom. The maximum Gasteiger partial charge on any atom is 0.410 e. The molecule has 0 N–H and O–H groups in total. The van der Waals surface area contributed by atoms with Crippen LogP contribution in [0.3, 0.4) is 0 Å². The molecule has 4 rings (SSSR count). The van der Waals surface area contributed by atoms with Crippen molar-refractivity contribution < 1.29 is 9.53 Å². The van der Waals surface area contributed by atoms with Gasteiger partial charge in [0, 0.05) is 36.6 Å². The van der Waals surface area contributed by atoms with Gasteiger partial charge in [-0.1, -0.05) is 18.2 Å². The average molecular weight is 487 g/mol. The molecule has 33 heavy (non-hydrogen) atoms. The number of fused-ring (bicyclic) bond motifs is 1. The average Bonchev–Trinajstić information content (AvgIpc) is 2.88. The molecular formula is C25H31ClN4O2S. The normalized spacial score (nSPS) is 15.1. The van der Waals surface area contributed by atoms with Crippen molar-refractivity contribution in [1.82, 2.24) is 14.9 Å². The van der Waals surface area contributed by atoms with E-state index in [-0.39, 0.29) is 11.4 Å². The van der Waals surface area contributed by atoms with Crippen LogP contribution in [0.15, 0.2) is 18.2 Å². The molecule has 0 spiro atoms. The number of halogens is 1. The summed E-state index contributed by atoms with van der Waals surface area (Å²) < 4.78 is 5.59. The Labute approximate surface area is 204 Å². The standard InChI is InChI=1S/C25H31ClN4O2S/c1-15-8-9-18(14-16(15)2)19-17(3)33-22-20(19)21(27-23(26)28-22)29-10-7-11-30(13-12-29)24(31)32-25(4,5)6/h8-9,14H,7,10-13H2,1-6H3. The van der Waals surface area contributed by atoms with Gasteiger partial charge in [-0.15, -0.1) is 11.3 Å². The van der Waals surface area contributed by atoms with Gasteiger partial charge in [-0.3, -0.25) is 0 Å². The number of benzene rings is 1. The van der Waals surface area contributed by atoms with Crippen LogP contribution in [0.5, 0.6) is 0 Å². The molecule has 1 fully saturated rings. The first-order chi connectivity index (χ1) is 15.5. The van der Waals surface area contributed by atoms with Crippen molar-refractivity contribution in [3.63, 3.8) is 0 Å². The highest BCUT2D eigenvalue weighted by molar-refractivity contribution is 7.19. The number of hydrogen-bond donors (Lipinski definition) is 0. The van der Waals surface area contributed by atoms with E-state index in [2.05, 4.69) is 53.8 Å². The van der Waals surface area contributed by atoms with E-state index in [4.69, 9.17) is 16.3 Å². The van der Waals surface area contributed by atoms with Gasteiger partial charge in [-0.05, 0) is 76.3 Å². The summed E-state index contributed by atoms with van der Waals surface area (Å²) in [5.74, 6) is 0.841. The molecule has 2 aromatic heterocycles. The number of carbonyl (C=O) groups excluding carboxylic acids is 1. The molecule has 1 aromatic carbocycles. The fourth-order valence-electron chi connectivity index (χ4n) is 4.18. The second kappa shape index (κ2) is 9.11. The van der Waals surface area contributed by atoms with Crippen LogP contribution in [-0.2, 0) is 4.74 Å². The number of thiophene rings is 1. The number of anilines is 1. The van der Waals surface area contributed by atoms with Crippen molar-refractivity contribution in [1.29, 1.82) is 0 Å². The van der Waals surface area contributed by atoms with Gasteiger partial charge in [0.25, 0.3) is 0 Å². The number of aryl methyl sites for hydroxylation is 3. The molecule has 6 nitrogen and oxygen atoms in total. The third-order valence-corrected chi connectivity index (χ3v) is 7.09. The van der Waals surface area contributed by atoms with Gasteiger partial charge in [0.2, 0.25) is 5.28 Å². The minimum atomic E-state index is -0.509.